The van der Waals surface area contributed by atoms with Crippen molar-refractivity contribution in [3.8, 4) is 22.6 Å². The van der Waals surface area contributed by atoms with Gasteiger partial charge in [-0.25, -0.2) is 0 Å². The number of aryl methyl sites for hydroxylation is 2. The third kappa shape index (κ3) is 3.48. The van der Waals surface area contributed by atoms with Gasteiger partial charge in [0.05, 0.1) is 14.2 Å². The van der Waals surface area contributed by atoms with Gasteiger partial charge < -0.3 is 14.3 Å². The number of ketones is 1. The van der Waals surface area contributed by atoms with E-state index in [1.807, 2.05) is 32.0 Å². The summed E-state index contributed by atoms with van der Waals surface area (Å²) in [5.74, 6) is 1.58. The molecule has 0 N–H and O–H groups in total. The number of carbonyl (C=O) groups is 1. The molecule has 4 nitrogen and oxygen atoms in total. The molecule has 0 saturated carbocycles. The monoisotopic (exact) mass is 366 g/mol. The van der Waals surface area contributed by atoms with Crippen LogP contribution in [0.15, 0.2) is 29.1 Å². The van der Waals surface area contributed by atoms with Crippen LogP contribution in [-0.2, 0) is 11.2 Å². The minimum Gasteiger partial charge on any atom is -0.493 e. The number of hydrogen-bond donors (Lipinski definition) is 0. The third-order valence-electron chi connectivity index (χ3n) is 5.48. The highest BCUT2D eigenvalue weighted by molar-refractivity contribution is 5.81. The van der Waals surface area contributed by atoms with Crippen molar-refractivity contribution >= 4 is 5.78 Å². The first-order chi connectivity index (χ1) is 12.9. The van der Waals surface area contributed by atoms with Crippen LogP contribution in [0.5, 0.6) is 11.5 Å². The molecule has 0 amide bonds. The summed E-state index contributed by atoms with van der Waals surface area (Å²) in [6.45, 7) is 5.46. The zero-order chi connectivity index (χ0) is 19.7. The molecular formula is C23H26O4. The summed E-state index contributed by atoms with van der Waals surface area (Å²) in [5.41, 5.74) is 5.91. The molecule has 1 atom stereocenters. The van der Waals surface area contributed by atoms with Crippen LogP contribution < -0.4 is 14.9 Å². The molecule has 1 aliphatic carbocycles. The molecule has 0 fully saturated rings. The maximum atomic E-state index is 12.5. The molecule has 142 valence electrons. The number of fused-ring (bicyclic) bond motifs is 3. The number of methoxy groups -OCH3 is 2. The molecule has 2 aromatic rings. The molecule has 0 bridgehead atoms. The van der Waals surface area contributed by atoms with E-state index in [0.29, 0.717) is 23.5 Å². The van der Waals surface area contributed by atoms with E-state index >= 15 is 0 Å². The van der Waals surface area contributed by atoms with Gasteiger partial charge in [-0.05, 0) is 79.5 Å². The SMILES string of the molecule is COc1cc2c(c(C)c1OC)-c1ccc(C)c(=O)cc1[C@@H](CC(C)=O)CC2. The number of rotatable bonds is 4. The molecule has 0 spiro atoms. The third-order valence-corrected chi connectivity index (χ3v) is 5.48. The Kier molecular flexibility index (Phi) is 5.36. The Morgan fingerprint density at radius 2 is 1.89 bits per heavy atom. The molecule has 0 aliphatic heterocycles. The van der Waals surface area contributed by atoms with Crippen LogP contribution in [0, 0.1) is 13.8 Å². The Labute approximate surface area is 160 Å². The highest BCUT2D eigenvalue weighted by Crippen LogP contribution is 2.46. The molecule has 3 rings (SSSR count). The fraction of sp³-hybridized carbons (Fsp3) is 0.391. The fourth-order valence-corrected chi connectivity index (χ4v) is 4.14. The second kappa shape index (κ2) is 7.55. The predicted octanol–water partition coefficient (Wildman–Crippen LogP) is 4.36. The quantitative estimate of drug-likeness (QED) is 0.807. The molecule has 0 heterocycles. The number of carbonyl (C=O) groups excluding carboxylic acids is 1. The van der Waals surface area contributed by atoms with Crippen LogP contribution in [0.2, 0.25) is 0 Å². The Hall–Kier alpha value is -2.62. The molecule has 2 aromatic carbocycles. The number of hydrogen-bond acceptors (Lipinski definition) is 4. The molecular weight excluding hydrogens is 340 g/mol. The summed E-state index contributed by atoms with van der Waals surface area (Å²) >= 11 is 0. The fourth-order valence-electron chi connectivity index (χ4n) is 4.14. The van der Waals surface area contributed by atoms with Crippen molar-refractivity contribution in [2.24, 2.45) is 0 Å². The predicted molar refractivity (Wildman–Crippen MR) is 107 cm³/mol. The Balaban J connectivity index is 2.38. The average Bonchev–Trinajstić information content (AvgIpc) is 2.85. The summed E-state index contributed by atoms with van der Waals surface area (Å²) in [5, 5.41) is 0. The van der Waals surface area contributed by atoms with Gasteiger partial charge in [-0.2, -0.15) is 0 Å². The molecule has 0 radical (unpaired) electrons. The smallest absolute Gasteiger partial charge is 0.181 e. The highest BCUT2D eigenvalue weighted by Gasteiger charge is 2.27. The van der Waals surface area contributed by atoms with Crippen LogP contribution in [0.3, 0.4) is 0 Å². The van der Waals surface area contributed by atoms with E-state index in [9.17, 15) is 9.59 Å². The van der Waals surface area contributed by atoms with Crippen LogP contribution in [0.1, 0.15) is 47.9 Å². The van der Waals surface area contributed by atoms with Gasteiger partial charge in [-0.3, -0.25) is 4.79 Å². The van der Waals surface area contributed by atoms with Crippen LogP contribution in [0.25, 0.3) is 11.1 Å². The van der Waals surface area contributed by atoms with Crippen LogP contribution in [0.4, 0.5) is 0 Å². The Morgan fingerprint density at radius 1 is 1.15 bits per heavy atom. The van der Waals surface area contributed by atoms with Crippen molar-refractivity contribution in [1.29, 1.82) is 0 Å². The van der Waals surface area contributed by atoms with Crippen molar-refractivity contribution in [3.63, 3.8) is 0 Å². The van der Waals surface area contributed by atoms with E-state index in [1.54, 1.807) is 27.2 Å². The number of benzene rings is 1. The molecule has 4 heteroatoms. The first-order valence-corrected chi connectivity index (χ1v) is 9.26. The van der Waals surface area contributed by atoms with Gasteiger partial charge in [0.1, 0.15) is 5.78 Å². The molecule has 0 unspecified atom stereocenters. The summed E-state index contributed by atoms with van der Waals surface area (Å²) in [6, 6.07) is 7.64. The summed E-state index contributed by atoms with van der Waals surface area (Å²) in [4.78, 5) is 24.4. The first-order valence-electron chi connectivity index (χ1n) is 9.26. The molecule has 0 aromatic heterocycles. The number of ether oxygens (including phenoxy) is 2. The minimum atomic E-state index is 0.00591. The van der Waals surface area contributed by atoms with Crippen molar-refractivity contribution in [3.05, 3.63) is 56.7 Å². The highest BCUT2D eigenvalue weighted by atomic mass is 16.5. The largest absolute Gasteiger partial charge is 0.493 e. The van der Waals surface area contributed by atoms with Crippen molar-refractivity contribution in [2.45, 2.75) is 46.0 Å². The van der Waals surface area contributed by atoms with E-state index in [1.165, 1.54) is 0 Å². The van der Waals surface area contributed by atoms with Gasteiger partial charge in [-0.1, -0.05) is 12.1 Å². The second-order valence-corrected chi connectivity index (χ2v) is 7.31. The lowest BCUT2D eigenvalue weighted by Crippen LogP contribution is -2.07. The average molecular weight is 366 g/mol. The van der Waals surface area contributed by atoms with Gasteiger partial charge in [0.15, 0.2) is 16.9 Å². The summed E-state index contributed by atoms with van der Waals surface area (Å²) in [6.07, 6.45) is 2.08. The first kappa shape index (κ1) is 19.2. The summed E-state index contributed by atoms with van der Waals surface area (Å²) in [7, 11) is 3.28. The zero-order valence-corrected chi connectivity index (χ0v) is 16.6. The maximum absolute atomic E-state index is 12.5. The normalized spacial score (nSPS) is 15.4. The maximum Gasteiger partial charge on any atom is 0.181 e. The lowest BCUT2D eigenvalue weighted by atomic mass is 9.88. The molecule has 1 aliphatic rings. The minimum absolute atomic E-state index is 0.00591. The van der Waals surface area contributed by atoms with E-state index < -0.39 is 0 Å². The van der Waals surface area contributed by atoms with Crippen molar-refractivity contribution in [1.82, 2.24) is 0 Å². The Morgan fingerprint density at radius 3 is 2.52 bits per heavy atom. The van der Waals surface area contributed by atoms with Crippen molar-refractivity contribution < 1.29 is 14.3 Å². The van der Waals surface area contributed by atoms with E-state index in [0.717, 1.165) is 40.7 Å². The topological polar surface area (TPSA) is 52.6 Å². The van der Waals surface area contributed by atoms with Gasteiger partial charge in [-0.15, -0.1) is 0 Å². The van der Waals surface area contributed by atoms with Gasteiger partial charge >= 0.3 is 0 Å². The van der Waals surface area contributed by atoms with E-state index in [-0.39, 0.29) is 17.1 Å². The lowest BCUT2D eigenvalue weighted by molar-refractivity contribution is -0.117. The van der Waals surface area contributed by atoms with E-state index in [4.69, 9.17) is 9.47 Å². The van der Waals surface area contributed by atoms with Gasteiger partial charge in [0.25, 0.3) is 0 Å². The van der Waals surface area contributed by atoms with Gasteiger partial charge in [0.2, 0.25) is 0 Å². The van der Waals surface area contributed by atoms with Gasteiger partial charge in [0, 0.05) is 12.0 Å². The molecule has 27 heavy (non-hydrogen) atoms. The standard InChI is InChI=1S/C23H26O4/c1-13-6-9-18-19(12-20(13)25)16(10-14(2)24)7-8-17-11-21(26-4)23(27-5)15(3)22(17)18/h6,9,11-12,16H,7-8,10H2,1-5H3/t16-/m1/s1. The van der Waals surface area contributed by atoms with E-state index in [2.05, 4.69) is 0 Å². The van der Waals surface area contributed by atoms with Crippen molar-refractivity contribution in [2.75, 3.05) is 14.2 Å². The Bertz CT molecular complexity index is 959. The van der Waals surface area contributed by atoms with Crippen LogP contribution in [-0.4, -0.2) is 20.0 Å². The second-order valence-electron chi connectivity index (χ2n) is 7.31. The molecule has 0 saturated heterocycles. The zero-order valence-electron chi connectivity index (χ0n) is 16.6. The van der Waals surface area contributed by atoms with Crippen LogP contribution >= 0.6 is 0 Å². The summed E-state index contributed by atoms with van der Waals surface area (Å²) < 4.78 is 11.1. The lowest BCUT2D eigenvalue weighted by Gasteiger charge is -2.18. The number of Topliss-reactive ketones (excluding diaryl/α,β-unsaturated/α-hetero) is 1.